The minimum atomic E-state index is -1.12. The van der Waals surface area contributed by atoms with Gasteiger partial charge in [0.05, 0.1) is 0 Å². The molecule has 152 valence electrons. The fraction of sp³-hybridized carbons (Fsp3) is 0.318. The molecule has 2 amide bonds. The second-order valence-corrected chi connectivity index (χ2v) is 7.20. The first-order valence-electron chi connectivity index (χ1n) is 9.50. The highest BCUT2D eigenvalue weighted by atomic mass is 16.5. The molecule has 2 aromatic rings. The van der Waals surface area contributed by atoms with Crippen LogP contribution in [-0.4, -0.2) is 41.8 Å². The molecule has 29 heavy (non-hydrogen) atoms. The van der Waals surface area contributed by atoms with Crippen molar-refractivity contribution in [3.63, 3.8) is 0 Å². The van der Waals surface area contributed by atoms with Gasteiger partial charge in [0.15, 0.2) is 0 Å². The smallest absolute Gasteiger partial charge is 0.407 e. The fourth-order valence-electron chi connectivity index (χ4n) is 3.53. The van der Waals surface area contributed by atoms with Gasteiger partial charge >= 0.3 is 12.1 Å². The highest BCUT2D eigenvalue weighted by Gasteiger charge is 2.29. The molecule has 7 nitrogen and oxygen atoms in total. The van der Waals surface area contributed by atoms with Gasteiger partial charge in [-0.15, -0.1) is 0 Å². The molecular formula is C22H24N2O5. The highest BCUT2D eigenvalue weighted by Crippen LogP contribution is 2.44. The van der Waals surface area contributed by atoms with Gasteiger partial charge in [0.1, 0.15) is 12.6 Å². The predicted octanol–water partition coefficient (Wildman–Crippen LogP) is 2.89. The summed E-state index contributed by atoms with van der Waals surface area (Å²) in [6.45, 7) is 3.23. The Balaban J connectivity index is 1.55. The third-order valence-corrected chi connectivity index (χ3v) is 4.95. The van der Waals surface area contributed by atoms with E-state index in [1.807, 2.05) is 36.4 Å². The van der Waals surface area contributed by atoms with E-state index in [1.165, 1.54) is 6.92 Å². The van der Waals surface area contributed by atoms with Crippen molar-refractivity contribution >= 4 is 18.0 Å². The quantitative estimate of drug-likeness (QED) is 0.667. The van der Waals surface area contributed by atoms with Gasteiger partial charge in [-0.05, 0) is 36.1 Å². The van der Waals surface area contributed by atoms with Crippen LogP contribution in [0.2, 0.25) is 0 Å². The Bertz CT molecular complexity index is 881. The molecule has 0 fully saturated rings. The molecule has 0 aliphatic heterocycles. The van der Waals surface area contributed by atoms with E-state index in [-0.39, 0.29) is 18.9 Å². The van der Waals surface area contributed by atoms with Crippen molar-refractivity contribution in [2.45, 2.75) is 38.3 Å². The summed E-state index contributed by atoms with van der Waals surface area (Å²) in [4.78, 5) is 34.8. The molecule has 1 unspecified atom stereocenters. The second-order valence-electron chi connectivity index (χ2n) is 7.20. The maximum absolute atomic E-state index is 12.2. The summed E-state index contributed by atoms with van der Waals surface area (Å²) in [5, 5.41) is 13.8. The molecule has 2 aromatic carbocycles. The van der Waals surface area contributed by atoms with Crippen LogP contribution in [0.5, 0.6) is 0 Å². The number of hydrogen-bond donors (Lipinski definition) is 3. The Hall–Kier alpha value is -3.35. The maximum Gasteiger partial charge on any atom is 0.407 e. The van der Waals surface area contributed by atoms with Crippen molar-refractivity contribution < 1.29 is 24.2 Å². The van der Waals surface area contributed by atoms with E-state index >= 15 is 0 Å². The topological polar surface area (TPSA) is 105 Å². The number of benzene rings is 2. The van der Waals surface area contributed by atoms with Gasteiger partial charge in [0.2, 0.25) is 5.91 Å². The van der Waals surface area contributed by atoms with Crippen molar-refractivity contribution in [3.8, 4) is 11.1 Å². The lowest BCUT2D eigenvalue weighted by Crippen LogP contribution is -2.42. The molecule has 0 saturated carbocycles. The van der Waals surface area contributed by atoms with Crippen LogP contribution >= 0.6 is 0 Å². The molecule has 3 N–H and O–H groups in total. The van der Waals surface area contributed by atoms with E-state index in [4.69, 9.17) is 9.84 Å². The summed E-state index contributed by atoms with van der Waals surface area (Å²) < 4.78 is 5.44. The SMILES string of the molecule is CC(CC(=O)N[C@@H](C)C(=O)O)NC(=O)OCC1c2ccccc2-c2ccccc21. The summed E-state index contributed by atoms with van der Waals surface area (Å²) in [5.41, 5.74) is 4.54. The number of alkyl carbamates (subject to hydrolysis) is 1. The number of hydrogen-bond acceptors (Lipinski definition) is 4. The highest BCUT2D eigenvalue weighted by molar-refractivity contribution is 5.84. The molecule has 1 aliphatic rings. The number of carbonyl (C=O) groups is 3. The standard InChI is InChI=1S/C22H24N2O5/c1-13(11-20(25)24-14(2)21(26)27)23-22(28)29-12-19-17-9-5-3-7-15(17)16-8-4-6-10-18(16)19/h3-10,13-14,19H,11-12H2,1-2H3,(H,23,28)(H,24,25)(H,26,27)/t13?,14-/m0/s1. The lowest BCUT2D eigenvalue weighted by atomic mass is 9.98. The number of nitrogens with one attached hydrogen (secondary N) is 2. The number of carbonyl (C=O) groups excluding carboxylic acids is 2. The molecule has 0 spiro atoms. The average Bonchev–Trinajstić information content (AvgIpc) is 3.00. The molecule has 1 aliphatic carbocycles. The minimum Gasteiger partial charge on any atom is -0.480 e. The van der Waals surface area contributed by atoms with E-state index in [2.05, 4.69) is 22.8 Å². The Morgan fingerprint density at radius 1 is 0.966 bits per heavy atom. The van der Waals surface area contributed by atoms with Crippen LogP contribution in [0.25, 0.3) is 11.1 Å². The fourth-order valence-corrected chi connectivity index (χ4v) is 3.53. The molecule has 0 heterocycles. The Morgan fingerprint density at radius 3 is 2.07 bits per heavy atom. The molecule has 0 aromatic heterocycles. The number of ether oxygens (including phenoxy) is 1. The average molecular weight is 396 g/mol. The summed E-state index contributed by atoms with van der Waals surface area (Å²) in [5.74, 6) is -1.61. The van der Waals surface area contributed by atoms with E-state index in [1.54, 1.807) is 6.92 Å². The number of amides is 2. The molecule has 0 bridgehead atoms. The van der Waals surface area contributed by atoms with Crippen LogP contribution in [0.3, 0.4) is 0 Å². The van der Waals surface area contributed by atoms with Crippen LogP contribution in [0, 0.1) is 0 Å². The predicted molar refractivity (Wildman–Crippen MR) is 108 cm³/mol. The van der Waals surface area contributed by atoms with Crippen LogP contribution < -0.4 is 10.6 Å². The number of carboxylic acids is 1. The lowest BCUT2D eigenvalue weighted by molar-refractivity contribution is -0.141. The lowest BCUT2D eigenvalue weighted by Gasteiger charge is -2.17. The zero-order valence-corrected chi connectivity index (χ0v) is 16.3. The first kappa shape index (κ1) is 20.4. The molecule has 3 rings (SSSR count). The van der Waals surface area contributed by atoms with Crippen LogP contribution in [-0.2, 0) is 14.3 Å². The second kappa shape index (κ2) is 8.77. The molecule has 7 heteroatoms. The van der Waals surface area contributed by atoms with Crippen LogP contribution in [0.15, 0.2) is 48.5 Å². The number of rotatable bonds is 7. The first-order valence-corrected chi connectivity index (χ1v) is 9.50. The molecule has 0 radical (unpaired) electrons. The summed E-state index contributed by atoms with van der Waals surface area (Å²) in [6, 6.07) is 14.6. The van der Waals surface area contributed by atoms with E-state index in [0.29, 0.717) is 0 Å². The third-order valence-electron chi connectivity index (χ3n) is 4.95. The van der Waals surface area contributed by atoms with Crippen LogP contribution in [0.4, 0.5) is 4.79 Å². The van der Waals surface area contributed by atoms with Gasteiger partial charge < -0.3 is 20.5 Å². The zero-order chi connectivity index (χ0) is 21.0. The number of aliphatic carboxylic acids is 1. The van der Waals surface area contributed by atoms with E-state index in [9.17, 15) is 14.4 Å². The summed E-state index contributed by atoms with van der Waals surface area (Å²) in [7, 11) is 0. The van der Waals surface area contributed by atoms with Crippen molar-refractivity contribution in [1.29, 1.82) is 0 Å². The summed E-state index contributed by atoms with van der Waals surface area (Å²) in [6.07, 6.45) is -0.652. The van der Waals surface area contributed by atoms with Crippen molar-refractivity contribution in [2.75, 3.05) is 6.61 Å². The number of fused-ring (bicyclic) bond motifs is 3. The number of carboxylic acid groups (broad SMARTS) is 1. The molecular weight excluding hydrogens is 372 g/mol. The third kappa shape index (κ3) is 4.74. The molecule has 2 atom stereocenters. The zero-order valence-electron chi connectivity index (χ0n) is 16.3. The van der Waals surface area contributed by atoms with Gasteiger partial charge in [-0.3, -0.25) is 9.59 Å². The Kier molecular flexibility index (Phi) is 6.16. The van der Waals surface area contributed by atoms with Crippen molar-refractivity contribution in [1.82, 2.24) is 10.6 Å². The largest absolute Gasteiger partial charge is 0.480 e. The van der Waals surface area contributed by atoms with E-state index in [0.717, 1.165) is 22.3 Å². The minimum absolute atomic E-state index is 0.0387. The van der Waals surface area contributed by atoms with E-state index < -0.39 is 30.1 Å². The van der Waals surface area contributed by atoms with Crippen molar-refractivity contribution in [3.05, 3.63) is 59.7 Å². The summed E-state index contributed by atoms with van der Waals surface area (Å²) >= 11 is 0. The Morgan fingerprint density at radius 2 is 1.52 bits per heavy atom. The monoisotopic (exact) mass is 396 g/mol. The van der Waals surface area contributed by atoms with Crippen molar-refractivity contribution in [2.24, 2.45) is 0 Å². The van der Waals surface area contributed by atoms with Crippen LogP contribution in [0.1, 0.15) is 37.3 Å². The van der Waals surface area contributed by atoms with Gasteiger partial charge in [-0.1, -0.05) is 48.5 Å². The van der Waals surface area contributed by atoms with Gasteiger partial charge in [0.25, 0.3) is 0 Å². The van der Waals surface area contributed by atoms with Gasteiger partial charge in [-0.25, -0.2) is 4.79 Å². The maximum atomic E-state index is 12.2. The first-order chi connectivity index (χ1) is 13.9. The Labute approximate surface area is 169 Å². The molecule has 0 saturated heterocycles. The van der Waals surface area contributed by atoms with Gasteiger partial charge in [-0.2, -0.15) is 0 Å². The van der Waals surface area contributed by atoms with Gasteiger partial charge in [0, 0.05) is 18.4 Å². The normalized spacial score (nSPS) is 14.3.